The highest BCUT2D eigenvalue weighted by molar-refractivity contribution is 7.80. The normalized spacial score (nSPS) is 17.6. The van der Waals surface area contributed by atoms with Gasteiger partial charge in [-0.1, -0.05) is 30.4 Å². The van der Waals surface area contributed by atoms with E-state index in [0.717, 1.165) is 39.3 Å². The molecule has 0 spiro atoms. The van der Waals surface area contributed by atoms with Crippen LogP contribution in [-0.4, -0.2) is 47.5 Å². The summed E-state index contributed by atoms with van der Waals surface area (Å²) in [5.74, 6) is 0. The molecular formula is C15H23N3S. The van der Waals surface area contributed by atoms with Gasteiger partial charge in [0.05, 0.1) is 4.99 Å². The molecule has 1 fully saturated rings. The molecule has 0 unspecified atom stereocenters. The van der Waals surface area contributed by atoms with Crippen LogP contribution in [0, 0.1) is 13.8 Å². The number of benzene rings is 1. The Morgan fingerprint density at radius 2 is 1.63 bits per heavy atom. The van der Waals surface area contributed by atoms with Crippen molar-refractivity contribution >= 4 is 17.2 Å². The highest BCUT2D eigenvalue weighted by atomic mass is 32.1. The van der Waals surface area contributed by atoms with E-state index < -0.39 is 0 Å². The zero-order valence-electron chi connectivity index (χ0n) is 11.9. The first-order valence-corrected chi connectivity index (χ1v) is 7.25. The van der Waals surface area contributed by atoms with Crippen LogP contribution < -0.4 is 5.73 Å². The molecule has 0 aromatic heterocycles. The maximum absolute atomic E-state index is 5.60. The standard InChI is InChI=1S/C15H23N3S/c1-12-4-3-5-13(2)14(12)10-17-6-8-18(9-7-17)11-15(16)19/h3-5H,6-11H2,1-2H3,(H2,16,19). The average Bonchev–Trinajstić information content (AvgIpc) is 2.35. The van der Waals surface area contributed by atoms with E-state index in [2.05, 4.69) is 41.8 Å². The smallest absolute Gasteiger partial charge is 0.0870 e. The van der Waals surface area contributed by atoms with Crippen LogP contribution in [0.25, 0.3) is 0 Å². The van der Waals surface area contributed by atoms with Crippen LogP contribution in [0.2, 0.25) is 0 Å². The van der Waals surface area contributed by atoms with Gasteiger partial charge in [0.1, 0.15) is 0 Å². The molecule has 0 bridgehead atoms. The first kappa shape index (κ1) is 14.4. The van der Waals surface area contributed by atoms with Crippen molar-refractivity contribution in [3.8, 4) is 0 Å². The van der Waals surface area contributed by atoms with Gasteiger partial charge in [-0.05, 0) is 30.5 Å². The van der Waals surface area contributed by atoms with E-state index in [1.165, 1.54) is 16.7 Å². The Bertz CT molecular complexity index is 430. The molecule has 1 heterocycles. The van der Waals surface area contributed by atoms with Crippen molar-refractivity contribution in [2.24, 2.45) is 5.73 Å². The molecule has 1 aliphatic heterocycles. The SMILES string of the molecule is Cc1cccc(C)c1CN1CCN(CC(N)=S)CC1. The van der Waals surface area contributed by atoms with Crippen molar-refractivity contribution in [3.05, 3.63) is 34.9 Å². The molecule has 1 aromatic rings. The van der Waals surface area contributed by atoms with E-state index >= 15 is 0 Å². The van der Waals surface area contributed by atoms with Gasteiger partial charge < -0.3 is 5.73 Å². The minimum absolute atomic E-state index is 0.600. The third-order valence-electron chi connectivity index (χ3n) is 3.87. The molecular weight excluding hydrogens is 254 g/mol. The topological polar surface area (TPSA) is 32.5 Å². The van der Waals surface area contributed by atoms with E-state index in [4.69, 9.17) is 18.0 Å². The second kappa shape index (κ2) is 6.46. The predicted molar refractivity (Wildman–Crippen MR) is 84.4 cm³/mol. The number of nitrogens with zero attached hydrogens (tertiary/aromatic N) is 2. The Balaban J connectivity index is 1.91. The fraction of sp³-hybridized carbons (Fsp3) is 0.533. The number of hydrogen-bond donors (Lipinski definition) is 1. The van der Waals surface area contributed by atoms with Gasteiger partial charge in [0.2, 0.25) is 0 Å². The van der Waals surface area contributed by atoms with Crippen LogP contribution in [0.3, 0.4) is 0 Å². The fourth-order valence-electron chi connectivity index (χ4n) is 2.65. The zero-order chi connectivity index (χ0) is 13.8. The lowest BCUT2D eigenvalue weighted by atomic mass is 10.0. The first-order chi connectivity index (χ1) is 9.06. The molecule has 2 N–H and O–H groups in total. The minimum Gasteiger partial charge on any atom is -0.392 e. The summed E-state index contributed by atoms with van der Waals surface area (Å²) in [6, 6.07) is 6.53. The summed E-state index contributed by atoms with van der Waals surface area (Å²) in [5, 5.41) is 0. The number of rotatable bonds is 4. The molecule has 1 aromatic carbocycles. The first-order valence-electron chi connectivity index (χ1n) is 6.84. The Hall–Kier alpha value is -0.970. The second-order valence-electron chi connectivity index (χ2n) is 5.39. The van der Waals surface area contributed by atoms with Crippen LogP contribution in [0.1, 0.15) is 16.7 Å². The van der Waals surface area contributed by atoms with Crippen LogP contribution in [0.15, 0.2) is 18.2 Å². The highest BCUT2D eigenvalue weighted by Crippen LogP contribution is 2.16. The average molecular weight is 277 g/mol. The molecule has 0 aliphatic carbocycles. The molecule has 0 amide bonds. The van der Waals surface area contributed by atoms with E-state index in [9.17, 15) is 0 Å². The van der Waals surface area contributed by atoms with E-state index in [0.29, 0.717) is 4.99 Å². The fourth-order valence-corrected chi connectivity index (χ4v) is 2.83. The number of hydrogen-bond acceptors (Lipinski definition) is 3. The molecule has 0 saturated carbocycles. The lowest BCUT2D eigenvalue weighted by Gasteiger charge is -2.35. The molecule has 1 saturated heterocycles. The summed E-state index contributed by atoms with van der Waals surface area (Å²) in [4.78, 5) is 5.46. The van der Waals surface area contributed by atoms with Gasteiger partial charge in [0, 0.05) is 39.3 Å². The molecule has 19 heavy (non-hydrogen) atoms. The maximum atomic E-state index is 5.60. The van der Waals surface area contributed by atoms with Gasteiger partial charge in [-0.25, -0.2) is 0 Å². The minimum atomic E-state index is 0.600. The third kappa shape index (κ3) is 4.00. The summed E-state index contributed by atoms with van der Waals surface area (Å²) < 4.78 is 0. The summed E-state index contributed by atoms with van der Waals surface area (Å²) in [7, 11) is 0. The van der Waals surface area contributed by atoms with Gasteiger partial charge >= 0.3 is 0 Å². The number of aryl methyl sites for hydroxylation is 2. The van der Waals surface area contributed by atoms with Crippen molar-refractivity contribution in [1.82, 2.24) is 9.80 Å². The summed E-state index contributed by atoms with van der Waals surface area (Å²) >= 11 is 4.97. The molecule has 1 aliphatic rings. The largest absolute Gasteiger partial charge is 0.392 e. The molecule has 2 rings (SSSR count). The van der Waals surface area contributed by atoms with Crippen molar-refractivity contribution in [2.45, 2.75) is 20.4 Å². The van der Waals surface area contributed by atoms with Crippen molar-refractivity contribution in [2.75, 3.05) is 32.7 Å². The summed E-state index contributed by atoms with van der Waals surface area (Å²) in [6.45, 7) is 10.5. The third-order valence-corrected chi connectivity index (χ3v) is 4.00. The predicted octanol–water partition coefficient (Wildman–Crippen LogP) is 1.71. The maximum Gasteiger partial charge on any atom is 0.0870 e. The molecule has 0 atom stereocenters. The monoisotopic (exact) mass is 277 g/mol. The Labute approximate surface area is 121 Å². The summed E-state index contributed by atoms with van der Waals surface area (Å²) in [6.07, 6.45) is 0. The summed E-state index contributed by atoms with van der Waals surface area (Å²) in [5.41, 5.74) is 9.86. The highest BCUT2D eigenvalue weighted by Gasteiger charge is 2.18. The molecule has 3 nitrogen and oxygen atoms in total. The van der Waals surface area contributed by atoms with Crippen LogP contribution in [-0.2, 0) is 6.54 Å². The number of nitrogens with two attached hydrogens (primary N) is 1. The quantitative estimate of drug-likeness (QED) is 0.849. The van der Waals surface area contributed by atoms with Crippen LogP contribution >= 0.6 is 12.2 Å². The zero-order valence-corrected chi connectivity index (χ0v) is 12.7. The number of thiocarbonyl (C=S) groups is 1. The van der Waals surface area contributed by atoms with Crippen LogP contribution in [0.4, 0.5) is 0 Å². The van der Waals surface area contributed by atoms with Gasteiger partial charge in [-0.3, -0.25) is 9.80 Å². The van der Waals surface area contributed by atoms with Crippen molar-refractivity contribution in [1.29, 1.82) is 0 Å². The Kier molecular flexibility index (Phi) is 4.91. The van der Waals surface area contributed by atoms with Gasteiger partial charge in [0.15, 0.2) is 0 Å². The van der Waals surface area contributed by atoms with E-state index in [1.807, 2.05) is 0 Å². The lowest BCUT2D eigenvalue weighted by Crippen LogP contribution is -2.48. The van der Waals surface area contributed by atoms with E-state index in [-0.39, 0.29) is 0 Å². The molecule has 104 valence electrons. The van der Waals surface area contributed by atoms with Crippen molar-refractivity contribution < 1.29 is 0 Å². The van der Waals surface area contributed by atoms with Gasteiger partial charge in [-0.2, -0.15) is 0 Å². The van der Waals surface area contributed by atoms with Gasteiger partial charge in [0.25, 0.3) is 0 Å². The van der Waals surface area contributed by atoms with Crippen molar-refractivity contribution in [3.63, 3.8) is 0 Å². The van der Waals surface area contributed by atoms with Crippen LogP contribution in [0.5, 0.6) is 0 Å². The second-order valence-corrected chi connectivity index (χ2v) is 5.91. The Morgan fingerprint density at radius 1 is 1.11 bits per heavy atom. The van der Waals surface area contributed by atoms with E-state index in [1.54, 1.807) is 0 Å². The lowest BCUT2D eigenvalue weighted by molar-refractivity contribution is 0.140. The molecule has 0 radical (unpaired) electrons. The number of piperazine rings is 1. The Morgan fingerprint density at radius 3 is 2.16 bits per heavy atom. The molecule has 4 heteroatoms. The van der Waals surface area contributed by atoms with Gasteiger partial charge in [-0.15, -0.1) is 0 Å².